The van der Waals surface area contributed by atoms with E-state index in [-0.39, 0.29) is 15.7 Å². The average molecular weight is 1090 g/mol. The lowest BCUT2D eigenvalue weighted by Gasteiger charge is -2.20. The number of para-hydroxylation sites is 4. The predicted octanol–water partition coefficient (Wildman–Crippen LogP) is 9.11. The van der Waals surface area contributed by atoms with Gasteiger partial charge in [-0.1, -0.05) is 118 Å². The van der Waals surface area contributed by atoms with E-state index in [0.29, 0.717) is 25.1 Å². The minimum absolute atomic E-state index is 0.0741. The van der Waals surface area contributed by atoms with E-state index in [2.05, 4.69) is 113 Å². The molecule has 0 fully saturated rings. The van der Waals surface area contributed by atoms with Crippen molar-refractivity contribution in [3.63, 3.8) is 0 Å². The number of H-pyrrole nitrogens is 6. The van der Waals surface area contributed by atoms with Crippen LogP contribution in [0, 0.1) is 35.7 Å². The number of nitrogens with one attached hydrogen (secondary N) is 6. The smallest absolute Gasteiger partial charge is 0.326 e. The van der Waals surface area contributed by atoms with Gasteiger partial charge in [0, 0.05) is 18.8 Å². The lowest BCUT2D eigenvalue weighted by Crippen LogP contribution is -2.27. The Hall–Kier alpha value is -7.61. The second kappa shape index (κ2) is 29.5. The van der Waals surface area contributed by atoms with Crippen molar-refractivity contribution in [3.8, 4) is 11.4 Å². The quantitative estimate of drug-likeness (QED) is 0.0594. The lowest BCUT2D eigenvalue weighted by atomic mass is 10.2. The molecular formula is C42H50N22O2S6. The zero-order valence-corrected chi connectivity index (χ0v) is 44.0. The number of rotatable bonds is 11. The summed E-state index contributed by atoms with van der Waals surface area (Å²) in [6.45, 7) is 12.9. The third-order valence-corrected chi connectivity index (χ3v) is 10.8. The number of tetrazole rings is 3. The summed E-state index contributed by atoms with van der Waals surface area (Å²) in [5.74, 6) is 0.871. The number of anilines is 4. The molecule has 0 amide bonds. The summed E-state index contributed by atoms with van der Waals surface area (Å²) in [5, 5.41) is 48.9. The van der Waals surface area contributed by atoms with Crippen molar-refractivity contribution in [1.82, 2.24) is 101 Å². The monoisotopic (exact) mass is 1090 g/mol. The fourth-order valence-electron chi connectivity index (χ4n) is 5.85. The molecule has 24 nitrogen and oxygen atoms in total. The Balaban J connectivity index is 0.000000165. The second-order valence-electron chi connectivity index (χ2n) is 13.9. The van der Waals surface area contributed by atoms with Gasteiger partial charge < -0.3 is 19.5 Å². The Bertz CT molecular complexity index is 3380. The fraction of sp³-hybridized carbons (Fsp3) is 0.214. The van der Waals surface area contributed by atoms with Gasteiger partial charge in [0.05, 0.1) is 23.6 Å². The van der Waals surface area contributed by atoms with Crippen LogP contribution in [-0.4, -0.2) is 120 Å². The molecule has 10 rings (SSSR count). The highest BCUT2D eigenvalue weighted by Gasteiger charge is 2.16. The molecule has 376 valence electrons. The molecule has 0 radical (unpaired) electrons. The van der Waals surface area contributed by atoms with Crippen LogP contribution in [0.25, 0.3) is 11.4 Å². The summed E-state index contributed by atoms with van der Waals surface area (Å²) in [6.07, 6.45) is 0. The molecule has 30 heteroatoms. The van der Waals surface area contributed by atoms with Crippen molar-refractivity contribution < 1.29 is 8.83 Å². The van der Waals surface area contributed by atoms with Crippen LogP contribution in [-0.2, 0) is 13.1 Å². The topological polar surface area (TPSA) is 289 Å². The molecule has 0 aliphatic rings. The molecule has 6 heterocycles. The van der Waals surface area contributed by atoms with E-state index < -0.39 is 0 Å². The van der Waals surface area contributed by atoms with E-state index in [0.717, 1.165) is 61.3 Å². The first-order chi connectivity index (χ1) is 34.9. The van der Waals surface area contributed by atoms with Gasteiger partial charge in [-0.05, 0) is 149 Å². The normalized spacial score (nSPS) is 10.2. The second-order valence-corrected chi connectivity index (χ2v) is 16.2. The van der Waals surface area contributed by atoms with Gasteiger partial charge in [0.1, 0.15) is 5.82 Å². The van der Waals surface area contributed by atoms with Crippen LogP contribution in [0.4, 0.5) is 23.4 Å². The molecule has 8 N–H and O–H groups in total. The average Bonchev–Trinajstić information content (AvgIpc) is 4.30. The van der Waals surface area contributed by atoms with E-state index in [9.17, 15) is 0 Å². The van der Waals surface area contributed by atoms with Crippen molar-refractivity contribution in [3.05, 3.63) is 156 Å². The van der Waals surface area contributed by atoms with Crippen LogP contribution >= 0.6 is 73.3 Å². The summed E-state index contributed by atoms with van der Waals surface area (Å²) in [4.78, 5) is 4.68. The van der Waals surface area contributed by atoms with Crippen molar-refractivity contribution in [2.24, 2.45) is 0 Å². The molecule has 0 atom stereocenters. The number of aromatic amines is 6. The van der Waals surface area contributed by atoms with E-state index in [4.69, 9.17) is 71.2 Å². The van der Waals surface area contributed by atoms with Crippen molar-refractivity contribution >= 4 is 96.7 Å². The zero-order valence-electron chi connectivity index (χ0n) is 39.1. The SMILES string of the molecule is CCN(CC)CCn1[nH]nnc1=S.CCn1[nH]nnc1=S.Cc1n[nH]c(=S)n1-c1ccccc1.Nc1n[nH]c(=S)o1.S=c1[nH]nc(N(c2ccccc2)c2ccccc2)o1.S=c1nn[nH]n1-c1ccccc1. The highest BCUT2D eigenvalue weighted by atomic mass is 32.1. The van der Waals surface area contributed by atoms with Crippen molar-refractivity contribution in [1.29, 1.82) is 0 Å². The third-order valence-electron chi connectivity index (χ3n) is 9.36. The van der Waals surface area contributed by atoms with E-state index in [1.165, 1.54) is 0 Å². The van der Waals surface area contributed by atoms with Crippen LogP contribution in [0.15, 0.2) is 130 Å². The lowest BCUT2D eigenvalue weighted by molar-refractivity contribution is 0.283. The van der Waals surface area contributed by atoms with Crippen molar-refractivity contribution in [2.75, 3.05) is 30.3 Å². The number of likely N-dealkylation sites (N-methyl/N-ethyl adjacent to an activating group) is 1. The predicted molar refractivity (Wildman–Crippen MR) is 286 cm³/mol. The molecule has 0 bridgehead atoms. The Morgan fingerprint density at radius 1 is 0.556 bits per heavy atom. The van der Waals surface area contributed by atoms with Gasteiger partial charge in [-0.25, -0.2) is 24.2 Å². The number of aromatic nitrogens is 19. The van der Waals surface area contributed by atoms with Gasteiger partial charge >= 0.3 is 12.0 Å². The third kappa shape index (κ3) is 17.4. The molecule has 6 aromatic heterocycles. The number of hydrogen-bond acceptors (Lipinski definition) is 20. The largest absolute Gasteiger partial charge is 0.396 e. The van der Waals surface area contributed by atoms with Gasteiger partial charge in [0.15, 0.2) is 4.77 Å². The molecule has 0 saturated heterocycles. The van der Waals surface area contributed by atoms with Gasteiger partial charge in [0.25, 0.3) is 9.67 Å². The zero-order chi connectivity index (χ0) is 51.7. The molecule has 4 aromatic carbocycles. The minimum Gasteiger partial charge on any atom is -0.396 e. The Kier molecular flexibility index (Phi) is 22.7. The van der Waals surface area contributed by atoms with E-state index in [1.807, 2.05) is 145 Å². The summed E-state index contributed by atoms with van der Waals surface area (Å²) >= 11 is 29.1. The maximum atomic E-state index is 5.43. The van der Waals surface area contributed by atoms with Gasteiger partial charge in [-0.3, -0.25) is 14.6 Å². The van der Waals surface area contributed by atoms with Crippen LogP contribution in [0.3, 0.4) is 0 Å². The summed E-state index contributed by atoms with van der Waals surface area (Å²) in [5.41, 5.74) is 8.90. The molecule has 0 spiro atoms. The Labute approximate surface area is 441 Å². The van der Waals surface area contributed by atoms with Crippen molar-refractivity contribution in [2.45, 2.75) is 40.8 Å². The Morgan fingerprint density at radius 3 is 1.42 bits per heavy atom. The van der Waals surface area contributed by atoms with Gasteiger partial charge in [0.2, 0.25) is 14.3 Å². The Morgan fingerprint density at radius 2 is 1.04 bits per heavy atom. The molecule has 0 aliphatic carbocycles. The number of nitrogens with zero attached hydrogens (tertiary/aromatic N) is 15. The minimum atomic E-state index is 0.0741. The summed E-state index contributed by atoms with van der Waals surface area (Å²) in [7, 11) is 0. The number of nitrogens with two attached hydrogens (primary N) is 1. The van der Waals surface area contributed by atoms with Gasteiger partial charge in [-0.2, -0.15) is 20.7 Å². The molecule has 10 aromatic rings. The molecule has 0 unspecified atom stereocenters. The fourth-order valence-corrected chi connectivity index (χ4v) is 6.95. The standard InChI is InChI=1S/C14H11N3OS.C9H9N3S.C7H15N5S.C7H6N4S.C3H6N4S.C2H3N3OS/c19-14-16-15-13(18-14)17(11-7-3-1-4-8-11)12-9-5-2-6-10-12;1-7-10-11-9(13)12(7)8-5-3-2-4-6-8;1-3-11(4-2)5-6-12-7(13)8-9-10-12;12-7-8-9-10-11(7)6-4-2-1-3-5-6;1-2-7-3(8)4-5-6-7;3-1-4-5-2(7)6-1/h1-10H,(H,16,19);2-6H,1H3,(H,11,13);3-6H2,1-2H3,(H,8,10,13);1-5H,(H,8,10,12);2H2,1H3,(H,4,6,8);(H2,3,4)(H,5,7). The number of benzene rings is 4. The summed E-state index contributed by atoms with van der Waals surface area (Å²) < 4.78 is 19.0. The molecule has 72 heavy (non-hydrogen) atoms. The van der Waals surface area contributed by atoms with Gasteiger partial charge in [-0.15, -0.1) is 10.2 Å². The molecule has 0 saturated carbocycles. The number of aryl methyl sites for hydroxylation is 2. The van der Waals surface area contributed by atoms with E-state index >= 15 is 0 Å². The van der Waals surface area contributed by atoms with E-state index in [1.54, 1.807) is 14.0 Å². The van der Waals surface area contributed by atoms with Crippen LogP contribution in [0.2, 0.25) is 0 Å². The molecular weight excluding hydrogens is 1040 g/mol. The highest BCUT2D eigenvalue weighted by molar-refractivity contribution is 7.72. The number of nitrogen functional groups attached to an aromatic ring is 1. The first-order valence-corrected chi connectivity index (χ1v) is 24.1. The van der Waals surface area contributed by atoms with Crippen LogP contribution < -0.4 is 10.6 Å². The summed E-state index contributed by atoms with van der Waals surface area (Å²) in [6, 6.07) is 39.8. The first kappa shape index (κ1) is 55.3. The first-order valence-electron chi connectivity index (χ1n) is 21.6. The molecule has 0 aliphatic heterocycles. The number of hydrogen-bond donors (Lipinski definition) is 7. The van der Waals surface area contributed by atoms with Crippen LogP contribution in [0.1, 0.15) is 26.6 Å². The van der Waals surface area contributed by atoms with Crippen LogP contribution in [0.5, 0.6) is 0 Å². The maximum Gasteiger partial charge on any atom is 0.326 e. The maximum absolute atomic E-state index is 5.43. The highest BCUT2D eigenvalue weighted by Crippen LogP contribution is 2.32.